The highest BCUT2D eigenvalue weighted by Crippen LogP contribution is 2.16. The van der Waals surface area contributed by atoms with Gasteiger partial charge in [-0.1, -0.05) is 0 Å². The Balaban J connectivity index is 2.65. The highest BCUT2D eigenvalue weighted by molar-refractivity contribution is 7.99. The molecule has 1 heterocycles. The molecule has 0 aromatic rings. The molecule has 0 aromatic heterocycles. The third-order valence-electron chi connectivity index (χ3n) is 2.62. The number of hydrogen-bond acceptors (Lipinski definition) is 4. The van der Waals surface area contributed by atoms with E-state index < -0.39 is 5.97 Å². The number of ether oxygens (including phenoxy) is 1. The quantitative estimate of drug-likeness (QED) is 0.781. The summed E-state index contributed by atoms with van der Waals surface area (Å²) in [4.78, 5) is 24.3. The number of aliphatic carboxylic acids is 1. The van der Waals surface area contributed by atoms with Gasteiger partial charge in [0.05, 0.1) is 30.9 Å². The van der Waals surface area contributed by atoms with Crippen LogP contribution < -0.4 is 0 Å². The summed E-state index contributed by atoms with van der Waals surface area (Å²) in [6, 6.07) is -0.326. The molecule has 1 rings (SSSR count). The summed E-state index contributed by atoms with van der Waals surface area (Å²) in [7, 11) is 0. The van der Waals surface area contributed by atoms with Crippen molar-refractivity contribution in [1.29, 1.82) is 0 Å². The van der Waals surface area contributed by atoms with Crippen LogP contribution in [0, 0.1) is 0 Å². The minimum atomic E-state index is -0.898. The normalized spacial score (nSPS) is 22.9. The number of carbonyl (C=O) groups is 2. The van der Waals surface area contributed by atoms with E-state index in [1.807, 2.05) is 13.2 Å². The van der Waals surface area contributed by atoms with Crippen molar-refractivity contribution in [3.8, 4) is 0 Å². The van der Waals surface area contributed by atoms with Crippen LogP contribution in [0.15, 0.2) is 0 Å². The number of carboxylic acid groups (broad SMARTS) is 1. The second-order valence-corrected chi connectivity index (χ2v) is 4.91. The Labute approximate surface area is 99.1 Å². The molecule has 2 unspecified atom stereocenters. The molecule has 0 spiro atoms. The van der Waals surface area contributed by atoms with E-state index in [2.05, 4.69) is 0 Å². The predicted molar refractivity (Wildman–Crippen MR) is 61.5 cm³/mol. The van der Waals surface area contributed by atoms with Gasteiger partial charge < -0.3 is 14.7 Å². The zero-order valence-electron chi connectivity index (χ0n) is 9.51. The van der Waals surface area contributed by atoms with Crippen LogP contribution in [-0.4, -0.2) is 59.2 Å². The van der Waals surface area contributed by atoms with Crippen LogP contribution in [0.2, 0.25) is 0 Å². The van der Waals surface area contributed by atoms with Crippen LogP contribution in [0.25, 0.3) is 0 Å². The maximum absolute atomic E-state index is 12.0. The van der Waals surface area contributed by atoms with Crippen LogP contribution in [0.3, 0.4) is 0 Å². The van der Waals surface area contributed by atoms with Gasteiger partial charge >= 0.3 is 5.97 Å². The minimum Gasteiger partial charge on any atom is -0.481 e. The van der Waals surface area contributed by atoms with Crippen molar-refractivity contribution >= 4 is 23.6 Å². The predicted octanol–water partition coefficient (Wildman–Crippen LogP) is 0.440. The number of nitrogens with zero attached hydrogens (tertiary/aromatic N) is 1. The van der Waals surface area contributed by atoms with Crippen molar-refractivity contribution < 1.29 is 19.4 Å². The van der Waals surface area contributed by atoms with Gasteiger partial charge in [-0.15, -0.1) is 0 Å². The average Bonchev–Trinajstić information content (AvgIpc) is 2.27. The molecule has 6 heteroatoms. The van der Waals surface area contributed by atoms with E-state index in [0.29, 0.717) is 19.8 Å². The molecule has 1 fully saturated rings. The summed E-state index contributed by atoms with van der Waals surface area (Å²) in [6.07, 6.45) is 1.82. The molecular formula is C10H17NO4S. The van der Waals surface area contributed by atoms with E-state index in [4.69, 9.17) is 9.84 Å². The third-order valence-corrected chi connectivity index (χ3v) is 3.53. The Kier molecular flexibility index (Phi) is 5.08. The van der Waals surface area contributed by atoms with Gasteiger partial charge in [-0.05, 0) is 13.2 Å². The molecule has 2 atom stereocenters. The van der Waals surface area contributed by atoms with Gasteiger partial charge in [0.2, 0.25) is 5.91 Å². The number of rotatable bonds is 4. The summed E-state index contributed by atoms with van der Waals surface area (Å²) in [5.74, 6) is -0.896. The Bertz CT molecular complexity index is 272. The van der Waals surface area contributed by atoms with Crippen LogP contribution in [0.4, 0.5) is 0 Å². The molecule has 0 aliphatic carbocycles. The van der Waals surface area contributed by atoms with Crippen LogP contribution >= 0.6 is 11.8 Å². The standard InChI is InChI=1S/C10H17NO4S/c1-7(16-2)10(14)11-3-4-15-6-8(11)5-9(12)13/h7-8H,3-6H2,1-2H3,(H,12,13). The fraction of sp³-hybridized carbons (Fsp3) is 0.800. The lowest BCUT2D eigenvalue weighted by molar-refractivity contribution is -0.145. The third kappa shape index (κ3) is 3.38. The van der Waals surface area contributed by atoms with E-state index in [1.54, 1.807) is 4.90 Å². The van der Waals surface area contributed by atoms with Gasteiger partial charge in [-0.2, -0.15) is 11.8 Å². The number of thioether (sulfide) groups is 1. The molecule has 1 aliphatic rings. The molecule has 0 saturated carbocycles. The maximum atomic E-state index is 12.0. The minimum absolute atomic E-state index is 0.00190. The average molecular weight is 247 g/mol. The fourth-order valence-electron chi connectivity index (χ4n) is 1.65. The zero-order chi connectivity index (χ0) is 12.1. The Morgan fingerprint density at radius 1 is 1.62 bits per heavy atom. The van der Waals surface area contributed by atoms with Crippen molar-refractivity contribution in [2.45, 2.75) is 24.6 Å². The van der Waals surface area contributed by atoms with Crippen LogP contribution in [0.1, 0.15) is 13.3 Å². The fourth-order valence-corrected chi connectivity index (χ4v) is 1.99. The molecule has 1 amide bonds. The zero-order valence-corrected chi connectivity index (χ0v) is 10.3. The van der Waals surface area contributed by atoms with Gasteiger partial charge in [0.25, 0.3) is 0 Å². The largest absolute Gasteiger partial charge is 0.481 e. The SMILES string of the molecule is CSC(C)C(=O)N1CCOCC1CC(=O)O. The number of hydrogen-bond donors (Lipinski definition) is 1. The second kappa shape index (κ2) is 6.10. The molecule has 1 N–H and O–H groups in total. The van der Waals surface area contributed by atoms with Gasteiger partial charge in [0.15, 0.2) is 0 Å². The van der Waals surface area contributed by atoms with E-state index in [-0.39, 0.29) is 23.6 Å². The lowest BCUT2D eigenvalue weighted by Crippen LogP contribution is -2.51. The molecular weight excluding hydrogens is 230 g/mol. The van der Waals surface area contributed by atoms with Gasteiger partial charge in [0, 0.05) is 6.54 Å². The monoisotopic (exact) mass is 247 g/mol. The number of carboxylic acids is 1. The first-order valence-corrected chi connectivity index (χ1v) is 6.48. The van der Waals surface area contributed by atoms with Crippen molar-refractivity contribution in [2.24, 2.45) is 0 Å². The first-order chi connectivity index (χ1) is 7.56. The van der Waals surface area contributed by atoms with Gasteiger partial charge in [-0.25, -0.2) is 0 Å². The summed E-state index contributed by atoms with van der Waals surface area (Å²) in [5, 5.41) is 8.63. The summed E-state index contributed by atoms with van der Waals surface area (Å²) in [5.41, 5.74) is 0. The molecule has 5 nitrogen and oxygen atoms in total. The summed E-state index contributed by atoms with van der Waals surface area (Å²) < 4.78 is 5.21. The van der Waals surface area contributed by atoms with Gasteiger partial charge in [-0.3, -0.25) is 9.59 Å². The molecule has 92 valence electrons. The smallest absolute Gasteiger partial charge is 0.305 e. The van der Waals surface area contributed by atoms with E-state index in [1.165, 1.54) is 11.8 Å². The van der Waals surface area contributed by atoms with Crippen molar-refractivity contribution in [3.63, 3.8) is 0 Å². The Morgan fingerprint density at radius 2 is 2.31 bits per heavy atom. The molecule has 0 aromatic carbocycles. The first-order valence-electron chi connectivity index (χ1n) is 5.19. The molecule has 16 heavy (non-hydrogen) atoms. The Morgan fingerprint density at radius 3 is 2.88 bits per heavy atom. The summed E-state index contributed by atoms with van der Waals surface area (Å²) >= 11 is 1.47. The highest BCUT2D eigenvalue weighted by atomic mass is 32.2. The van der Waals surface area contributed by atoms with Gasteiger partial charge in [0.1, 0.15) is 0 Å². The lowest BCUT2D eigenvalue weighted by atomic mass is 10.1. The Hall–Kier alpha value is -0.750. The van der Waals surface area contributed by atoms with E-state index in [9.17, 15) is 9.59 Å². The van der Waals surface area contributed by atoms with Crippen molar-refractivity contribution in [1.82, 2.24) is 4.90 Å². The second-order valence-electron chi connectivity index (χ2n) is 3.74. The number of morpholine rings is 1. The summed E-state index contributed by atoms with van der Waals surface area (Å²) in [6.45, 7) is 3.13. The maximum Gasteiger partial charge on any atom is 0.305 e. The van der Waals surface area contributed by atoms with Crippen LogP contribution in [-0.2, 0) is 14.3 Å². The van der Waals surface area contributed by atoms with E-state index in [0.717, 1.165) is 0 Å². The molecule has 0 radical (unpaired) electrons. The molecule has 1 aliphatic heterocycles. The molecule has 1 saturated heterocycles. The number of amides is 1. The topological polar surface area (TPSA) is 66.8 Å². The first kappa shape index (κ1) is 13.3. The van der Waals surface area contributed by atoms with Crippen LogP contribution in [0.5, 0.6) is 0 Å². The highest BCUT2D eigenvalue weighted by Gasteiger charge is 2.31. The van der Waals surface area contributed by atoms with E-state index >= 15 is 0 Å². The lowest BCUT2D eigenvalue weighted by Gasteiger charge is -2.36. The van der Waals surface area contributed by atoms with Crippen molar-refractivity contribution in [2.75, 3.05) is 26.0 Å². The molecule has 0 bridgehead atoms. The van der Waals surface area contributed by atoms with Crippen molar-refractivity contribution in [3.05, 3.63) is 0 Å². The number of carbonyl (C=O) groups excluding carboxylic acids is 1.